The monoisotopic (exact) mass is 643 g/mol. The molecule has 10 heteroatoms. The molecule has 4 aromatic rings. The van der Waals surface area contributed by atoms with Crippen LogP contribution in [0.4, 0.5) is 5.69 Å². The van der Waals surface area contributed by atoms with Crippen molar-refractivity contribution in [3.63, 3.8) is 0 Å². The van der Waals surface area contributed by atoms with Crippen LogP contribution in [0.15, 0.2) is 108 Å². The molecule has 0 aliphatic carbocycles. The number of ether oxygens (including phenoxy) is 2. The van der Waals surface area contributed by atoms with E-state index in [0.29, 0.717) is 18.0 Å². The minimum Gasteiger partial charge on any atom is -0.493 e. The highest BCUT2D eigenvalue weighted by atomic mass is 32.2. The van der Waals surface area contributed by atoms with Gasteiger partial charge in [0, 0.05) is 25.6 Å². The van der Waals surface area contributed by atoms with Crippen molar-refractivity contribution in [3.8, 4) is 11.5 Å². The predicted molar refractivity (Wildman–Crippen MR) is 179 cm³/mol. The molecule has 1 atom stereocenters. The van der Waals surface area contributed by atoms with E-state index in [1.54, 1.807) is 24.3 Å². The third kappa shape index (κ3) is 8.45. The second-order valence-corrected chi connectivity index (χ2v) is 12.7. The molecule has 0 aliphatic heterocycles. The number of nitrogens with zero attached hydrogens (tertiary/aromatic N) is 2. The zero-order chi connectivity index (χ0) is 33.1. The van der Waals surface area contributed by atoms with Crippen LogP contribution in [0.3, 0.4) is 0 Å². The molecule has 0 spiro atoms. The first-order chi connectivity index (χ1) is 22.2. The number of carbonyl (C=O) groups is 2. The van der Waals surface area contributed by atoms with E-state index in [-0.39, 0.29) is 29.5 Å². The molecule has 4 aromatic carbocycles. The molecule has 0 aliphatic rings. The van der Waals surface area contributed by atoms with Gasteiger partial charge in [0.1, 0.15) is 12.6 Å². The fraction of sp³-hybridized carbons (Fsp3) is 0.278. The highest BCUT2D eigenvalue weighted by molar-refractivity contribution is 7.92. The Morgan fingerprint density at radius 1 is 0.804 bits per heavy atom. The highest BCUT2D eigenvalue weighted by Gasteiger charge is 2.35. The Labute approximate surface area is 271 Å². The second kappa shape index (κ2) is 15.9. The first-order valence-corrected chi connectivity index (χ1v) is 16.6. The molecule has 0 bridgehead atoms. The maximum atomic E-state index is 14.5. The smallest absolute Gasteiger partial charge is 0.264 e. The van der Waals surface area contributed by atoms with Crippen molar-refractivity contribution in [1.82, 2.24) is 10.2 Å². The molecule has 4 rings (SSSR count). The first kappa shape index (κ1) is 34.1. The number of aryl methyl sites for hydroxylation is 1. The minimum atomic E-state index is -4.25. The Bertz CT molecular complexity index is 1700. The standard InChI is InChI=1S/C36H41N3O6S/c1-5-22-37-36(41)32(23-28-12-8-6-9-13-28)38(25-29-14-10-7-11-15-29)35(40)26-39(30-18-21-33(44-3)34(24-30)45-4)46(42,43)31-19-16-27(2)17-20-31/h6-21,24,32H,5,22-23,25-26H2,1-4H3,(H,37,41)/t32-/m0/s1. The Morgan fingerprint density at radius 2 is 1.41 bits per heavy atom. The lowest BCUT2D eigenvalue weighted by Gasteiger charge is -2.34. The molecule has 46 heavy (non-hydrogen) atoms. The summed E-state index contributed by atoms with van der Waals surface area (Å²) in [5.41, 5.74) is 2.77. The van der Waals surface area contributed by atoms with E-state index < -0.39 is 28.5 Å². The van der Waals surface area contributed by atoms with E-state index >= 15 is 0 Å². The van der Waals surface area contributed by atoms with Crippen molar-refractivity contribution in [2.24, 2.45) is 0 Å². The Kier molecular flexibility index (Phi) is 11.8. The molecular weight excluding hydrogens is 602 g/mol. The van der Waals surface area contributed by atoms with Crippen molar-refractivity contribution >= 4 is 27.5 Å². The Hall–Kier alpha value is -4.83. The van der Waals surface area contributed by atoms with Gasteiger partial charge >= 0.3 is 0 Å². The molecule has 0 saturated carbocycles. The van der Waals surface area contributed by atoms with E-state index in [9.17, 15) is 18.0 Å². The number of rotatable bonds is 15. The van der Waals surface area contributed by atoms with Crippen molar-refractivity contribution in [2.75, 3.05) is 31.6 Å². The van der Waals surface area contributed by atoms with E-state index in [1.807, 2.05) is 74.5 Å². The largest absolute Gasteiger partial charge is 0.493 e. The molecule has 0 saturated heterocycles. The maximum absolute atomic E-state index is 14.5. The third-order valence-electron chi connectivity index (χ3n) is 7.56. The molecular formula is C36H41N3O6S. The van der Waals surface area contributed by atoms with Crippen LogP contribution in [0.2, 0.25) is 0 Å². The van der Waals surface area contributed by atoms with Crippen LogP contribution in [-0.2, 0) is 32.6 Å². The lowest BCUT2D eigenvalue weighted by atomic mass is 10.0. The van der Waals surface area contributed by atoms with Gasteiger partial charge in [-0.15, -0.1) is 0 Å². The number of amides is 2. The van der Waals surface area contributed by atoms with Crippen LogP contribution in [0.25, 0.3) is 0 Å². The Morgan fingerprint density at radius 3 is 2.00 bits per heavy atom. The van der Waals surface area contributed by atoms with Gasteiger partial charge in [0.05, 0.1) is 24.8 Å². The van der Waals surface area contributed by atoms with Gasteiger partial charge in [-0.1, -0.05) is 85.3 Å². The van der Waals surface area contributed by atoms with E-state index in [2.05, 4.69) is 5.32 Å². The van der Waals surface area contributed by atoms with Gasteiger partial charge in [-0.25, -0.2) is 8.42 Å². The summed E-state index contributed by atoms with van der Waals surface area (Å²) in [6.07, 6.45) is 0.967. The summed E-state index contributed by atoms with van der Waals surface area (Å²) in [6.45, 7) is 3.79. The molecule has 0 unspecified atom stereocenters. The van der Waals surface area contributed by atoms with Crippen LogP contribution in [0, 0.1) is 6.92 Å². The van der Waals surface area contributed by atoms with Gasteiger partial charge in [0.25, 0.3) is 10.0 Å². The summed E-state index contributed by atoms with van der Waals surface area (Å²) in [4.78, 5) is 29.8. The fourth-order valence-corrected chi connectivity index (χ4v) is 6.45. The van der Waals surface area contributed by atoms with E-state index in [4.69, 9.17) is 9.47 Å². The molecule has 2 amide bonds. The number of sulfonamides is 1. The van der Waals surface area contributed by atoms with Crippen molar-refractivity contribution < 1.29 is 27.5 Å². The van der Waals surface area contributed by atoms with Gasteiger partial charge in [0.2, 0.25) is 11.8 Å². The summed E-state index contributed by atoms with van der Waals surface area (Å²) in [6, 6.07) is 29.0. The van der Waals surface area contributed by atoms with Crippen molar-refractivity contribution in [1.29, 1.82) is 0 Å². The molecule has 0 aromatic heterocycles. The van der Waals surface area contributed by atoms with Crippen LogP contribution >= 0.6 is 0 Å². The lowest BCUT2D eigenvalue weighted by molar-refractivity contribution is -0.140. The van der Waals surface area contributed by atoms with Crippen LogP contribution in [0.5, 0.6) is 11.5 Å². The zero-order valence-corrected chi connectivity index (χ0v) is 27.5. The number of nitrogens with one attached hydrogen (secondary N) is 1. The van der Waals surface area contributed by atoms with Crippen molar-refractivity contribution in [3.05, 3.63) is 120 Å². The minimum absolute atomic E-state index is 0.0248. The summed E-state index contributed by atoms with van der Waals surface area (Å²) in [5.74, 6) is -0.138. The summed E-state index contributed by atoms with van der Waals surface area (Å²) >= 11 is 0. The first-order valence-electron chi connectivity index (χ1n) is 15.1. The van der Waals surface area contributed by atoms with Gasteiger partial charge in [-0.3, -0.25) is 13.9 Å². The topological polar surface area (TPSA) is 105 Å². The third-order valence-corrected chi connectivity index (χ3v) is 9.35. The molecule has 1 N–H and O–H groups in total. The zero-order valence-electron chi connectivity index (χ0n) is 26.7. The predicted octanol–water partition coefficient (Wildman–Crippen LogP) is 5.37. The van der Waals surface area contributed by atoms with Gasteiger partial charge < -0.3 is 19.7 Å². The van der Waals surface area contributed by atoms with Gasteiger partial charge in [0.15, 0.2) is 11.5 Å². The Balaban J connectivity index is 1.82. The summed E-state index contributed by atoms with van der Waals surface area (Å²) in [5, 5.41) is 2.95. The number of carbonyl (C=O) groups excluding carboxylic acids is 2. The van der Waals surface area contributed by atoms with Crippen molar-refractivity contribution in [2.45, 2.75) is 44.2 Å². The molecule has 242 valence electrons. The fourth-order valence-electron chi connectivity index (χ4n) is 5.05. The number of anilines is 1. The molecule has 0 radical (unpaired) electrons. The number of hydrogen-bond donors (Lipinski definition) is 1. The molecule has 9 nitrogen and oxygen atoms in total. The van der Waals surface area contributed by atoms with E-state index in [1.165, 1.54) is 37.3 Å². The SMILES string of the molecule is CCCNC(=O)[C@H](Cc1ccccc1)N(Cc1ccccc1)C(=O)CN(c1ccc(OC)c(OC)c1)S(=O)(=O)c1ccc(C)cc1. The number of methoxy groups -OCH3 is 2. The van der Waals surface area contributed by atoms with Gasteiger partial charge in [-0.05, 0) is 48.7 Å². The van der Waals surface area contributed by atoms with Crippen LogP contribution < -0.4 is 19.1 Å². The number of hydrogen-bond acceptors (Lipinski definition) is 6. The van der Waals surface area contributed by atoms with Crippen LogP contribution in [-0.4, -0.2) is 58.5 Å². The van der Waals surface area contributed by atoms with Crippen LogP contribution in [0.1, 0.15) is 30.0 Å². The van der Waals surface area contributed by atoms with E-state index in [0.717, 1.165) is 27.4 Å². The molecule has 0 heterocycles. The lowest BCUT2D eigenvalue weighted by Crippen LogP contribution is -2.53. The quantitative estimate of drug-likeness (QED) is 0.187. The normalized spacial score (nSPS) is 11.7. The average molecular weight is 644 g/mol. The average Bonchev–Trinajstić information content (AvgIpc) is 3.08. The summed E-state index contributed by atoms with van der Waals surface area (Å²) in [7, 11) is -1.31. The maximum Gasteiger partial charge on any atom is 0.264 e. The van der Waals surface area contributed by atoms with Gasteiger partial charge in [-0.2, -0.15) is 0 Å². The molecule has 0 fully saturated rings. The second-order valence-electron chi connectivity index (χ2n) is 10.9. The highest BCUT2D eigenvalue weighted by Crippen LogP contribution is 2.34. The summed E-state index contributed by atoms with van der Waals surface area (Å²) < 4.78 is 40.4. The number of benzene rings is 4.